The molecule has 1 saturated heterocycles. The van der Waals surface area contributed by atoms with Crippen molar-refractivity contribution < 1.29 is 59.9 Å². The summed E-state index contributed by atoms with van der Waals surface area (Å²) in [6.07, 6.45) is -15.0. The molecule has 0 aromatic heterocycles. The zero-order valence-corrected chi connectivity index (χ0v) is 18.5. The number of carbonyl (C=O) groups excluding carboxylic acids is 1. The molecule has 1 fully saturated rings. The van der Waals surface area contributed by atoms with Crippen LogP contribution in [-0.4, -0.2) is 128 Å². The number of hydrogen-bond acceptors (Lipinski definition) is 13. The average molecular weight is 491 g/mol. The summed E-state index contributed by atoms with van der Waals surface area (Å²) in [4.78, 5) is 11.7. The molecule has 9 N–H and O–H groups in total. The van der Waals surface area contributed by atoms with Gasteiger partial charge in [-0.1, -0.05) is 0 Å². The lowest BCUT2D eigenvalue weighted by molar-refractivity contribution is -0.326. The van der Waals surface area contributed by atoms with E-state index >= 15 is 0 Å². The number of ether oxygens (including phenoxy) is 3. The van der Waals surface area contributed by atoms with Gasteiger partial charge in [-0.2, -0.15) is 0 Å². The molecular weight excluding hydrogens is 458 g/mol. The maximum absolute atomic E-state index is 11.7. The molecule has 0 saturated carbocycles. The summed E-state index contributed by atoms with van der Waals surface area (Å²) in [5, 5.41) is 82.3. The maximum Gasteiger partial charge on any atom is 0.338 e. The summed E-state index contributed by atoms with van der Waals surface area (Å²) in [6, 6.07) is 6.11. The molecule has 0 radical (unpaired) electrons. The monoisotopic (exact) mass is 491 g/mol. The fourth-order valence-corrected chi connectivity index (χ4v) is 3.34. The Hall–Kier alpha value is -1.91. The third kappa shape index (κ3) is 7.05. The van der Waals surface area contributed by atoms with Gasteiger partial charge >= 0.3 is 5.97 Å². The Morgan fingerprint density at radius 2 is 1.68 bits per heavy atom. The topological polar surface area (TPSA) is 219 Å². The van der Waals surface area contributed by atoms with Crippen molar-refractivity contribution in [3.63, 3.8) is 0 Å². The molecule has 0 aliphatic carbocycles. The molecule has 8 unspecified atom stereocenters. The molecule has 34 heavy (non-hydrogen) atoms. The fourth-order valence-electron chi connectivity index (χ4n) is 3.34. The molecule has 1 aromatic rings. The van der Waals surface area contributed by atoms with Gasteiger partial charge in [-0.15, -0.1) is 0 Å². The van der Waals surface area contributed by atoms with Crippen molar-refractivity contribution in [2.45, 2.75) is 62.0 Å². The zero-order chi connectivity index (χ0) is 25.4. The highest BCUT2D eigenvalue weighted by atomic mass is 16.7. The standard InChI is InChI=1S/C21H33NO12/c1-2-32-20(31)10-3-5-11(6-4-10)22-7-12(25)15(27)19(13(26)8-23)34-21-18(30)17(29)16(28)14(9-24)33-21/h3-6,12-19,21-30H,2,7-9H2,1H3/t12?,13?,14-,15?,16?,17?,18?,19?,21?/m1/s1. The lowest BCUT2D eigenvalue weighted by Crippen LogP contribution is -2.61. The first kappa shape index (κ1) is 28.3. The molecule has 194 valence electrons. The second-order valence-corrected chi connectivity index (χ2v) is 7.78. The molecule has 1 aliphatic heterocycles. The molecule has 9 atom stereocenters. The molecule has 0 amide bonds. The van der Waals surface area contributed by atoms with Crippen LogP contribution in [0.2, 0.25) is 0 Å². The van der Waals surface area contributed by atoms with E-state index in [-0.39, 0.29) is 13.2 Å². The van der Waals surface area contributed by atoms with Crippen LogP contribution in [0.5, 0.6) is 0 Å². The Labute approximate surface area is 195 Å². The SMILES string of the molecule is CCOC(=O)c1ccc(NCC(O)C(O)C(OC2O[C@H](CO)C(O)C(O)C2O)C(O)CO)cc1. The van der Waals surface area contributed by atoms with E-state index in [0.717, 1.165) is 0 Å². The van der Waals surface area contributed by atoms with E-state index < -0.39 is 74.3 Å². The minimum absolute atomic E-state index is 0.231. The van der Waals surface area contributed by atoms with Crippen LogP contribution < -0.4 is 5.32 Å². The van der Waals surface area contributed by atoms with Crippen molar-refractivity contribution in [1.82, 2.24) is 0 Å². The summed E-state index contributed by atoms with van der Waals surface area (Å²) < 4.78 is 15.4. The van der Waals surface area contributed by atoms with Gasteiger partial charge in [-0.05, 0) is 31.2 Å². The van der Waals surface area contributed by atoms with Crippen molar-refractivity contribution >= 4 is 11.7 Å². The number of rotatable bonds is 12. The number of anilines is 1. The van der Waals surface area contributed by atoms with Gasteiger partial charge in [-0.3, -0.25) is 0 Å². The van der Waals surface area contributed by atoms with E-state index in [2.05, 4.69) is 5.32 Å². The van der Waals surface area contributed by atoms with Gasteiger partial charge in [0.25, 0.3) is 0 Å². The molecule has 13 nitrogen and oxygen atoms in total. The molecule has 0 bridgehead atoms. The summed E-state index contributed by atoms with van der Waals surface area (Å²) in [6.45, 7) is 0.0705. The highest BCUT2D eigenvalue weighted by Crippen LogP contribution is 2.25. The Bertz CT molecular complexity index is 748. The molecule has 1 aromatic carbocycles. The van der Waals surface area contributed by atoms with Crippen molar-refractivity contribution in [3.05, 3.63) is 29.8 Å². The first-order valence-corrected chi connectivity index (χ1v) is 10.8. The van der Waals surface area contributed by atoms with E-state index in [1.54, 1.807) is 19.1 Å². The van der Waals surface area contributed by atoms with Crippen molar-refractivity contribution in [3.8, 4) is 0 Å². The van der Waals surface area contributed by atoms with Gasteiger partial charge in [-0.25, -0.2) is 4.79 Å². The first-order valence-electron chi connectivity index (χ1n) is 10.8. The normalized spacial score (nSPS) is 28.6. The van der Waals surface area contributed by atoms with E-state index in [4.69, 9.17) is 14.2 Å². The number of aliphatic hydroxyl groups excluding tert-OH is 8. The van der Waals surface area contributed by atoms with Gasteiger partial charge in [0.15, 0.2) is 6.29 Å². The Morgan fingerprint density at radius 1 is 1.03 bits per heavy atom. The van der Waals surface area contributed by atoms with Crippen LogP contribution in [0.3, 0.4) is 0 Å². The zero-order valence-electron chi connectivity index (χ0n) is 18.5. The second kappa shape index (κ2) is 13.3. The first-order chi connectivity index (χ1) is 16.1. The van der Waals surface area contributed by atoms with Crippen molar-refractivity contribution in [2.24, 2.45) is 0 Å². The van der Waals surface area contributed by atoms with Crippen molar-refractivity contribution in [2.75, 3.05) is 31.7 Å². The number of aliphatic hydroxyl groups is 8. The van der Waals surface area contributed by atoms with E-state index in [0.29, 0.717) is 11.3 Å². The van der Waals surface area contributed by atoms with Crippen LogP contribution in [0.15, 0.2) is 24.3 Å². The summed E-state index contributed by atoms with van der Waals surface area (Å²) in [7, 11) is 0. The maximum atomic E-state index is 11.7. The van der Waals surface area contributed by atoms with Crippen LogP contribution in [-0.2, 0) is 14.2 Å². The Morgan fingerprint density at radius 3 is 2.24 bits per heavy atom. The highest BCUT2D eigenvalue weighted by molar-refractivity contribution is 5.89. The number of esters is 1. The van der Waals surface area contributed by atoms with Gasteiger partial charge in [0.05, 0.1) is 31.5 Å². The predicted molar refractivity (Wildman–Crippen MR) is 115 cm³/mol. The van der Waals surface area contributed by atoms with Crippen LogP contribution in [0.25, 0.3) is 0 Å². The third-order valence-electron chi connectivity index (χ3n) is 5.35. The van der Waals surface area contributed by atoms with Gasteiger partial charge < -0.3 is 60.4 Å². The summed E-state index contributed by atoms with van der Waals surface area (Å²) in [5.41, 5.74) is 0.820. The fraction of sp³-hybridized carbons (Fsp3) is 0.667. The molecule has 0 spiro atoms. The molecule has 2 rings (SSSR count). The van der Waals surface area contributed by atoms with Gasteiger partial charge in [0.2, 0.25) is 0 Å². The lowest BCUT2D eigenvalue weighted by Gasteiger charge is -2.42. The average Bonchev–Trinajstić information content (AvgIpc) is 2.85. The third-order valence-corrected chi connectivity index (χ3v) is 5.35. The molecular formula is C21H33NO12. The number of hydrogen-bond donors (Lipinski definition) is 9. The van der Waals surface area contributed by atoms with E-state index in [1.165, 1.54) is 12.1 Å². The number of carbonyl (C=O) groups is 1. The van der Waals surface area contributed by atoms with Crippen LogP contribution in [0, 0.1) is 0 Å². The number of nitrogens with one attached hydrogen (secondary N) is 1. The van der Waals surface area contributed by atoms with Crippen LogP contribution in [0.4, 0.5) is 5.69 Å². The quantitative estimate of drug-likeness (QED) is 0.130. The predicted octanol–water partition coefficient (Wildman–Crippen LogP) is -3.46. The Kier molecular flexibility index (Phi) is 11.0. The lowest BCUT2D eigenvalue weighted by atomic mass is 9.98. The second-order valence-electron chi connectivity index (χ2n) is 7.78. The summed E-state index contributed by atoms with van der Waals surface area (Å²) in [5.74, 6) is -0.490. The summed E-state index contributed by atoms with van der Waals surface area (Å²) >= 11 is 0. The van der Waals surface area contributed by atoms with Crippen LogP contribution in [0.1, 0.15) is 17.3 Å². The minimum atomic E-state index is -1.81. The number of benzene rings is 1. The van der Waals surface area contributed by atoms with Gasteiger partial charge in [0, 0.05) is 12.2 Å². The molecule has 13 heteroatoms. The Balaban J connectivity index is 2.02. The van der Waals surface area contributed by atoms with E-state index in [9.17, 15) is 45.6 Å². The highest BCUT2D eigenvalue weighted by Gasteiger charge is 2.46. The van der Waals surface area contributed by atoms with E-state index in [1.807, 2.05) is 0 Å². The largest absolute Gasteiger partial charge is 0.462 e. The van der Waals surface area contributed by atoms with Crippen LogP contribution >= 0.6 is 0 Å². The minimum Gasteiger partial charge on any atom is -0.462 e. The van der Waals surface area contributed by atoms with Crippen molar-refractivity contribution in [1.29, 1.82) is 0 Å². The smallest absolute Gasteiger partial charge is 0.338 e. The molecule has 1 heterocycles. The van der Waals surface area contributed by atoms with Gasteiger partial charge in [0.1, 0.15) is 42.7 Å². The molecule has 1 aliphatic rings.